The van der Waals surface area contributed by atoms with Crippen LogP contribution in [0.1, 0.15) is 27.9 Å². The summed E-state index contributed by atoms with van der Waals surface area (Å²) in [6.07, 6.45) is 5.76. The van der Waals surface area contributed by atoms with Gasteiger partial charge in [-0.3, -0.25) is 9.48 Å². The van der Waals surface area contributed by atoms with Crippen molar-refractivity contribution in [3.63, 3.8) is 0 Å². The standard InChI is InChI=1S/C26H23N3O/c30-26(29-18-5-8-22-7-1-4-11-25(22)29)24-10-3-2-9-23(24)21-14-12-20(13-15-21)19-28-17-6-16-27-28/h1-4,6-7,9-17H,5,8,18-19H2. The summed E-state index contributed by atoms with van der Waals surface area (Å²) >= 11 is 0. The minimum Gasteiger partial charge on any atom is -0.308 e. The van der Waals surface area contributed by atoms with Crippen molar-refractivity contribution in [2.45, 2.75) is 19.4 Å². The highest BCUT2D eigenvalue weighted by molar-refractivity contribution is 6.10. The number of hydrogen-bond acceptors (Lipinski definition) is 2. The van der Waals surface area contributed by atoms with Gasteiger partial charge in [0.1, 0.15) is 0 Å². The molecule has 3 aromatic carbocycles. The predicted molar refractivity (Wildman–Crippen MR) is 120 cm³/mol. The molecule has 2 heterocycles. The zero-order valence-corrected chi connectivity index (χ0v) is 16.7. The van der Waals surface area contributed by atoms with Crippen LogP contribution in [0.5, 0.6) is 0 Å². The first-order chi connectivity index (χ1) is 14.8. The van der Waals surface area contributed by atoms with E-state index < -0.39 is 0 Å². The molecule has 1 aliphatic heterocycles. The van der Waals surface area contributed by atoms with E-state index in [4.69, 9.17) is 0 Å². The van der Waals surface area contributed by atoms with Gasteiger partial charge in [-0.25, -0.2) is 0 Å². The van der Waals surface area contributed by atoms with Crippen molar-refractivity contribution in [2.75, 3.05) is 11.4 Å². The predicted octanol–water partition coefficient (Wildman–Crippen LogP) is 5.19. The fourth-order valence-corrected chi connectivity index (χ4v) is 4.18. The zero-order valence-electron chi connectivity index (χ0n) is 16.7. The van der Waals surface area contributed by atoms with Gasteiger partial charge in [-0.2, -0.15) is 5.10 Å². The maximum Gasteiger partial charge on any atom is 0.258 e. The van der Waals surface area contributed by atoms with Gasteiger partial charge in [-0.05, 0) is 53.3 Å². The zero-order chi connectivity index (χ0) is 20.3. The number of nitrogens with zero attached hydrogens (tertiary/aromatic N) is 3. The molecule has 0 atom stereocenters. The number of hydrogen-bond donors (Lipinski definition) is 0. The monoisotopic (exact) mass is 393 g/mol. The second kappa shape index (κ2) is 7.99. The van der Waals surface area contributed by atoms with Crippen molar-refractivity contribution in [1.29, 1.82) is 0 Å². The van der Waals surface area contributed by atoms with Crippen LogP contribution in [0.2, 0.25) is 0 Å². The van der Waals surface area contributed by atoms with E-state index in [1.54, 1.807) is 6.20 Å². The van der Waals surface area contributed by atoms with Gasteiger partial charge in [0.25, 0.3) is 5.91 Å². The molecule has 4 aromatic rings. The summed E-state index contributed by atoms with van der Waals surface area (Å²) < 4.78 is 1.90. The van der Waals surface area contributed by atoms with E-state index in [0.717, 1.165) is 48.3 Å². The minimum atomic E-state index is 0.0679. The number of carbonyl (C=O) groups excluding carboxylic acids is 1. The third-order valence-corrected chi connectivity index (χ3v) is 5.68. The molecule has 1 aliphatic rings. The summed E-state index contributed by atoms with van der Waals surface area (Å²) in [5.41, 5.74) is 6.23. The Morgan fingerprint density at radius 2 is 1.70 bits per heavy atom. The van der Waals surface area contributed by atoms with E-state index in [1.165, 1.54) is 11.1 Å². The normalized spacial score (nSPS) is 13.1. The molecule has 0 aliphatic carbocycles. The van der Waals surface area contributed by atoms with E-state index in [-0.39, 0.29) is 5.91 Å². The Balaban J connectivity index is 1.46. The second-order valence-corrected chi connectivity index (χ2v) is 7.64. The Hall–Kier alpha value is -3.66. The van der Waals surface area contributed by atoms with Crippen LogP contribution < -0.4 is 4.90 Å². The van der Waals surface area contributed by atoms with Gasteiger partial charge in [-0.1, -0.05) is 60.7 Å². The van der Waals surface area contributed by atoms with Crippen molar-refractivity contribution in [3.8, 4) is 11.1 Å². The van der Waals surface area contributed by atoms with Crippen molar-refractivity contribution in [3.05, 3.63) is 108 Å². The molecule has 0 saturated carbocycles. The lowest BCUT2D eigenvalue weighted by Crippen LogP contribution is -2.35. The van der Waals surface area contributed by atoms with Crippen LogP contribution in [0.3, 0.4) is 0 Å². The molecule has 4 heteroatoms. The third kappa shape index (κ3) is 3.52. The van der Waals surface area contributed by atoms with Gasteiger partial charge in [0, 0.05) is 30.2 Å². The molecule has 1 aromatic heterocycles. The average molecular weight is 393 g/mol. The average Bonchev–Trinajstić information content (AvgIpc) is 3.32. The smallest absolute Gasteiger partial charge is 0.258 e. The molecule has 30 heavy (non-hydrogen) atoms. The highest BCUT2D eigenvalue weighted by atomic mass is 16.2. The van der Waals surface area contributed by atoms with E-state index in [0.29, 0.717) is 0 Å². The molecular formula is C26H23N3O. The highest BCUT2D eigenvalue weighted by Gasteiger charge is 2.25. The lowest BCUT2D eigenvalue weighted by Gasteiger charge is -2.30. The SMILES string of the molecule is O=C(c1ccccc1-c1ccc(Cn2cccn2)cc1)N1CCCc2ccccc21. The summed E-state index contributed by atoms with van der Waals surface area (Å²) in [6, 6.07) is 26.5. The number of anilines is 1. The van der Waals surface area contributed by atoms with Crippen LogP contribution >= 0.6 is 0 Å². The quantitative estimate of drug-likeness (QED) is 0.478. The largest absolute Gasteiger partial charge is 0.308 e. The number of aryl methyl sites for hydroxylation is 1. The number of fused-ring (bicyclic) bond motifs is 1. The fraction of sp³-hybridized carbons (Fsp3) is 0.154. The summed E-state index contributed by atoms with van der Waals surface area (Å²) in [6.45, 7) is 1.49. The van der Waals surface area contributed by atoms with E-state index in [2.05, 4.69) is 41.5 Å². The van der Waals surface area contributed by atoms with Crippen LogP contribution in [0, 0.1) is 0 Å². The first kappa shape index (κ1) is 18.4. The summed E-state index contributed by atoms with van der Waals surface area (Å²) in [7, 11) is 0. The summed E-state index contributed by atoms with van der Waals surface area (Å²) in [4.78, 5) is 15.5. The van der Waals surface area contributed by atoms with Gasteiger partial charge in [0.05, 0.1) is 6.54 Å². The van der Waals surface area contributed by atoms with Crippen LogP contribution in [0.15, 0.2) is 91.3 Å². The highest BCUT2D eigenvalue weighted by Crippen LogP contribution is 2.31. The Morgan fingerprint density at radius 3 is 2.53 bits per heavy atom. The van der Waals surface area contributed by atoms with Crippen LogP contribution in [0.4, 0.5) is 5.69 Å². The van der Waals surface area contributed by atoms with Crippen LogP contribution in [-0.2, 0) is 13.0 Å². The first-order valence-corrected chi connectivity index (χ1v) is 10.4. The van der Waals surface area contributed by atoms with E-state index >= 15 is 0 Å². The maximum absolute atomic E-state index is 13.5. The number of rotatable bonds is 4. The molecule has 0 spiro atoms. The first-order valence-electron chi connectivity index (χ1n) is 10.4. The molecule has 1 amide bonds. The van der Waals surface area contributed by atoms with Gasteiger partial charge in [0.2, 0.25) is 0 Å². The molecule has 0 N–H and O–H groups in total. The van der Waals surface area contributed by atoms with Gasteiger partial charge >= 0.3 is 0 Å². The number of para-hydroxylation sites is 1. The number of aromatic nitrogens is 2. The number of amides is 1. The molecule has 4 nitrogen and oxygen atoms in total. The Morgan fingerprint density at radius 1 is 0.900 bits per heavy atom. The molecule has 148 valence electrons. The second-order valence-electron chi connectivity index (χ2n) is 7.64. The molecule has 5 rings (SSSR count). The Labute approximate surface area is 176 Å². The Bertz CT molecular complexity index is 1160. The molecule has 0 saturated heterocycles. The fourth-order valence-electron chi connectivity index (χ4n) is 4.18. The summed E-state index contributed by atoms with van der Waals surface area (Å²) in [5, 5.41) is 4.27. The molecule has 0 bridgehead atoms. The topological polar surface area (TPSA) is 38.1 Å². The summed E-state index contributed by atoms with van der Waals surface area (Å²) in [5.74, 6) is 0.0679. The molecule has 0 unspecified atom stereocenters. The molecular weight excluding hydrogens is 370 g/mol. The lowest BCUT2D eigenvalue weighted by molar-refractivity contribution is 0.0985. The van der Waals surface area contributed by atoms with Crippen LogP contribution in [0.25, 0.3) is 11.1 Å². The number of benzene rings is 3. The van der Waals surface area contributed by atoms with Gasteiger partial charge in [-0.15, -0.1) is 0 Å². The maximum atomic E-state index is 13.5. The number of carbonyl (C=O) groups is 1. The van der Waals surface area contributed by atoms with Crippen molar-refractivity contribution in [2.24, 2.45) is 0 Å². The van der Waals surface area contributed by atoms with Crippen LogP contribution in [-0.4, -0.2) is 22.2 Å². The molecule has 0 fully saturated rings. The third-order valence-electron chi connectivity index (χ3n) is 5.68. The Kier molecular flexibility index (Phi) is 4.89. The minimum absolute atomic E-state index is 0.0679. The lowest BCUT2D eigenvalue weighted by atomic mass is 9.96. The van der Waals surface area contributed by atoms with Crippen molar-refractivity contribution < 1.29 is 4.79 Å². The van der Waals surface area contributed by atoms with Gasteiger partial charge in [0.15, 0.2) is 0 Å². The van der Waals surface area contributed by atoms with E-state index in [9.17, 15) is 4.79 Å². The van der Waals surface area contributed by atoms with E-state index in [1.807, 2.05) is 58.2 Å². The van der Waals surface area contributed by atoms with Gasteiger partial charge < -0.3 is 4.90 Å². The van der Waals surface area contributed by atoms with Crippen molar-refractivity contribution >= 4 is 11.6 Å². The molecule has 0 radical (unpaired) electrons. The van der Waals surface area contributed by atoms with Crippen molar-refractivity contribution in [1.82, 2.24) is 9.78 Å².